The molecule has 136 valence electrons. The standard InChI is InChI=1S/C21H22N6/c1-14-4-3-11-27(13-14)21-17-7-6-16(12-15(17)8-10-23-21)24-20-18-5-2-9-22-19(18)25-26-20/h2,5-10,12,14H,3-4,11,13H2,1H3,(H2,22,24,25,26). The van der Waals surface area contributed by atoms with Gasteiger partial charge in [-0.05, 0) is 60.5 Å². The van der Waals surface area contributed by atoms with Crippen LogP contribution in [0.3, 0.4) is 0 Å². The zero-order valence-corrected chi connectivity index (χ0v) is 15.3. The summed E-state index contributed by atoms with van der Waals surface area (Å²) in [5.41, 5.74) is 1.73. The van der Waals surface area contributed by atoms with Crippen molar-refractivity contribution in [3.63, 3.8) is 0 Å². The molecule has 1 unspecified atom stereocenters. The van der Waals surface area contributed by atoms with Crippen LogP contribution in [0.2, 0.25) is 0 Å². The van der Waals surface area contributed by atoms with Crippen LogP contribution >= 0.6 is 0 Å². The molecule has 3 aromatic heterocycles. The van der Waals surface area contributed by atoms with Gasteiger partial charge >= 0.3 is 0 Å². The average Bonchev–Trinajstić information content (AvgIpc) is 3.10. The molecule has 1 saturated heterocycles. The van der Waals surface area contributed by atoms with Gasteiger partial charge in [-0.15, -0.1) is 0 Å². The lowest BCUT2D eigenvalue weighted by molar-refractivity contribution is 0.445. The summed E-state index contributed by atoms with van der Waals surface area (Å²) in [4.78, 5) is 11.4. The van der Waals surface area contributed by atoms with Crippen molar-refractivity contribution in [3.8, 4) is 0 Å². The van der Waals surface area contributed by atoms with E-state index in [1.807, 2.05) is 18.3 Å². The quantitative estimate of drug-likeness (QED) is 0.565. The molecule has 4 aromatic rings. The van der Waals surface area contributed by atoms with Gasteiger partial charge in [-0.2, -0.15) is 5.10 Å². The second-order valence-electron chi connectivity index (χ2n) is 7.36. The van der Waals surface area contributed by atoms with Gasteiger partial charge in [0.2, 0.25) is 0 Å². The number of anilines is 3. The van der Waals surface area contributed by atoms with Gasteiger partial charge in [0, 0.05) is 36.6 Å². The molecular formula is C21H22N6. The number of nitrogens with one attached hydrogen (secondary N) is 2. The van der Waals surface area contributed by atoms with Crippen LogP contribution in [0.4, 0.5) is 17.3 Å². The molecule has 0 saturated carbocycles. The zero-order valence-electron chi connectivity index (χ0n) is 15.3. The summed E-state index contributed by atoms with van der Waals surface area (Å²) < 4.78 is 0. The first-order valence-corrected chi connectivity index (χ1v) is 9.48. The molecule has 1 aromatic carbocycles. The third-order valence-corrected chi connectivity index (χ3v) is 5.30. The summed E-state index contributed by atoms with van der Waals surface area (Å²) >= 11 is 0. The second-order valence-corrected chi connectivity index (χ2v) is 7.36. The van der Waals surface area contributed by atoms with Crippen molar-refractivity contribution >= 4 is 39.1 Å². The van der Waals surface area contributed by atoms with Crippen molar-refractivity contribution in [1.82, 2.24) is 20.2 Å². The Kier molecular flexibility index (Phi) is 3.89. The SMILES string of the molecule is CC1CCCN(c2nccc3cc(Nc4[nH]nc5ncccc45)ccc23)C1. The number of aromatic amines is 1. The van der Waals surface area contributed by atoms with Crippen molar-refractivity contribution < 1.29 is 0 Å². The van der Waals surface area contributed by atoms with Crippen molar-refractivity contribution in [2.24, 2.45) is 5.92 Å². The van der Waals surface area contributed by atoms with E-state index in [0.29, 0.717) is 5.65 Å². The minimum absolute atomic E-state index is 0.714. The Morgan fingerprint density at radius 2 is 2.07 bits per heavy atom. The van der Waals surface area contributed by atoms with Gasteiger partial charge in [0.25, 0.3) is 0 Å². The number of H-pyrrole nitrogens is 1. The van der Waals surface area contributed by atoms with E-state index < -0.39 is 0 Å². The molecule has 27 heavy (non-hydrogen) atoms. The Hall–Kier alpha value is -3.15. The number of hydrogen-bond acceptors (Lipinski definition) is 5. The molecule has 1 atom stereocenters. The maximum Gasteiger partial charge on any atom is 0.183 e. The van der Waals surface area contributed by atoms with Crippen molar-refractivity contribution in [1.29, 1.82) is 0 Å². The Morgan fingerprint density at radius 1 is 1.11 bits per heavy atom. The van der Waals surface area contributed by atoms with Gasteiger partial charge in [0.15, 0.2) is 5.65 Å². The Balaban J connectivity index is 1.49. The first-order chi connectivity index (χ1) is 13.3. The monoisotopic (exact) mass is 358 g/mol. The highest BCUT2D eigenvalue weighted by atomic mass is 15.2. The van der Waals surface area contributed by atoms with E-state index in [9.17, 15) is 0 Å². The highest BCUT2D eigenvalue weighted by molar-refractivity contribution is 5.96. The van der Waals surface area contributed by atoms with Crippen LogP contribution in [0.1, 0.15) is 19.8 Å². The van der Waals surface area contributed by atoms with Gasteiger partial charge in [-0.1, -0.05) is 6.92 Å². The molecule has 1 aliphatic rings. The van der Waals surface area contributed by atoms with Gasteiger partial charge < -0.3 is 10.2 Å². The number of pyridine rings is 2. The van der Waals surface area contributed by atoms with Crippen LogP contribution in [0, 0.1) is 5.92 Å². The van der Waals surface area contributed by atoms with E-state index in [0.717, 1.165) is 41.7 Å². The maximum absolute atomic E-state index is 4.69. The summed E-state index contributed by atoms with van der Waals surface area (Å²) in [5.74, 6) is 2.68. The normalized spacial score (nSPS) is 17.5. The summed E-state index contributed by atoms with van der Waals surface area (Å²) in [5, 5.41) is 14.1. The Bertz CT molecular complexity index is 1100. The minimum Gasteiger partial charge on any atom is -0.356 e. The zero-order chi connectivity index (χ0) is 18.2. The van der Waals surface area contributed by atoms with Crippen LogP contribution in [0.15, 0.2) is 48.8 Å². The van der Waals surface area contributed by atoms with Crippen LogP contribution in [0.25, 0.3) is 21.8 Å². The largest absolute Gasteiger partial charge is 0.356 e. The Morgan fingerprint density at radius 3 is 3.00 bits per heavy atom. The maximum atomic E-state index is 4.69. The third kappa shape index (κ3) is 2.97. The number of benzene rings is 1. The van der Waals surface area contributed by atoms with Gasteiger partial charge in [0.1, 0.15) is 11.6 Å². The lowest BCUT2D eigenvalue weighted by atomic mass is 9.99. The van der Waals surface area contributed by atoms with E-state index in [1.54, 1.807) is 6.20 Å². The lowest BCUT2D eigenvalue weighted by Crippen LogP contribution is -2.34. The summed E-state index contributed by atoms with van der Waals surface area (Å²) in [7, 11) is 0. The van der Waals surface area contributed by atoms with E-state index in [-0.39, 0.29) is 0 Å². The highest BCUT2D eigenvalue weighted by Gasteiger charge is 2.19. The van der Waals surface area contributed by atoms with Gasteiger partial charge in [-0.25, -0.2) is 9.97 Å². The molecule has 0 spiro atoms. The number of fused-ring (bicyclic) bond motifs is 2. The van der Waals surface area contributed by atoms with Crippen LogP contribution < -0.4 is 10.2 Å². The number of aromatic nitrogens is 4. The molecule has 4 heterocycles. The molecule has 0 amide bonds. The first-order valence-electron chi connectivity index (χ1n) is 9.48. The lowest BCUT2D eigenvalue weighted by Gasteiger charge is -2.32. The predicted molar refractivity (Wildman–Crippen MR) is 110 cm³/mol. The van der Waals surface area contributed by atoms with E-state index in [4.69, 9.17) is 4.98 Å². The number of piperidine rings is 1. The van der Waals surface area contributed by atoms with E-state index in [2.05, 4.69) is 56.6 Å². The topological polar surface area (TPSA) is 69.7 Å². The fourth-order valence-electron chi connectivity index (χ4n) is 3.96. The average molecular weight is 358 g/mol. The minimum atomic E-state index is 0.714. The summed E-state index contributed by atoms with van der Waals surface area (Å²) in [6, 6.07) is 12.4. The van der Waals surface area contributed by atoms with E-state index in [1.165, 1.54) is 23.6 Å². The molecule has 0 aliphatic carbocycles. The van der Waals surface area contributed by atoms with Crippen LogP contribution in [-0.4, -0.2) is 33.3 Å². The summed E-state index contributed by atoms with van der Waals surface area (Å²) in [6.07, 6.45) is 6.21. The molecule has 0 radical (unpaired) electrons. The molecule has 2 N–H and O–H groups in total. The second kappa shape index (κ2) is 6.54. The summed E-state index contributed by atoms with van der Waals surface area (Å²) in [6.45, 7) is 4.49. The Labute approximate surface area is 157 Å². The molecule has 0 bridgehead atoms. The van der Waals surface area contributed by atoms with Crippen LogP contribution in [0.5, 0.6) is 0 Å². The first kappa shape index (κ1) is 16.1. The highest BCUT2D eigenvalue weighted by Crippen LogP contribution is 2.31. The number of rotatable bonds is 3. The molecule has 6 heteroatoms. The van der Waals surface area contributed by atoms with Gasteiger partial charge in [-0.3, -0.25) is 5.10 Å². The van der Waals surface area contributed by atoms with Crippen molar-refractivity contribution in [2.45, 2.75) is 19.8 Å². The fourth-order valence-corrected chi connectivity index (χ4v) is 3.96. The molecule has 6 nitrogen and oxygen atoms in total. The van der Waals surface area contributed by atoms with Crippen molar-refractivity contribution in [3.05, 3.63) is 48.8 Å². The van der Waals surface area contributed by atoms with Crippen LogP contribution in [-0.2, 0) is 0 Å². The number of nitrogens with zero attached hydrogens (tertiary/aromatic N) is 4. The third-order valence-electron chi connectivity index (χ3n) is 5.30. The van der Waals surface area contributed by atoms with Gasteiger partial charge in [0.05, 0.1) is 5.39 Å². The molecule has 1 fully saturated rings. The predicted octanol–water partition coefficient (Wildman–Crippen LogP) is 4.49. The van der Waals surface area contributed by atoms with Crippen molar-refractivity contribution in [2.75, 3.05) is 23.3 Å². The molecule has 5 rings (SSSR count). The fraction of sp³-hybridized carbons (Fsp3) is 0.286. The molecule has 1 aliphatic heterocycles. The molecular weight excluding hydrogens is 336 g/mol. The smallest absolute Gasteiger partial charge is 0.183 e. The number of hydrogen-bond donors (Lipinski definition) is 2. The van der Waals surface area contributed by atoms with E-state index >= 15 is 0 Å².